The highest BCUT2D eigenvalue weighted by atomic mass is 31.3. The van der Waals surface area contributed by atoms with Crippen LogP contribution in [0.2, 0.25) is 0 Å². The molecule has 172 valence electrons. The SMILES string of the molecule is CC1(O)C(n2ccc(N)nc2=O)OC(COP(=O)(O)OP(=O)(O)OP(=O)(O)O)[C@@H]1O. The van der Waals surface area contributed by atoms with Crippen molar-refractivity contribution < 1.29 is 61.4 Å². The molecule has 0 amide bonds. The van der Waals surface area contributed by atoms with Gasteiger partial charge in [0.15, 0.2) is 6.23 Å². The van der Waals surface area contributed by atoms with Crippen molar-refractivity contribution in [3.63, 3.8) is 0 Å². The van der Waals surface area contributed by atoms with Gasteiger partial charge in [-0.25, -0.2) is 18.5 Å². The summed E-state index contributed by atoms with van der Waals surface area (Å²) in [6.07, 6.45) is -3.80. The van der Waals surface area contributed by atoms with Gasteiger partial charge in [-0.1, -0.05) is 0 Å². The van der Waals surface area contributed by atoms with Crippen LogP contribution in [0.15, 0.2) is 17.1 Å². The number of aliphatic hydroxyl groups is 2. The summed E-state index contributed by atoms with van der Waals surface area (Å²) in [7, 11) is -16.8. The summed E-state index contributed by atoms with van der Waals surface area (Å²) in [5.74, 6) is -0.126. The molecule has 20 heteroatoms. The third-order valence-corrected chi connectivity index (χ3v) is 7.48. The number of ether oxygens (including phenoxy) is 1. The smallest absolute Gasteiger partial charge is 0.387 e. The van der Waals surface area contributed by atoms with Crippen molar-refractivity contribution in [2.24, 2.45) is 0 Å². The van der Waals surface area contributed by atoms with Crippen molar-refractivity contribution in [3.8, 4) is 0 Å². The Balaban J connectivity index is 2.12. The molecule has 30 heavy (non-hydrogen) atoms. The van der Waals surface area contributed by atoms with E-state index in [-0.39, 0.29) is 5.82 Å². The van der Waals surface area contributed by atoms with Crippen LogP contribution in [0, 0.1) is 0 Å². The molecule has 5 unspecified atom stereocenters. The summed E-state index contributed by atoms with van der Waals surface area (Å²) in [6.45, 7) is 0.0462. The predicted molar refractivity (Wildman–Crippen MR) is 93.3 cm³/mol. The molecule has 0 aromatic carbocycles. The molecule has 2 rings (SSSR count). The van der Waals surface area contributed by atoms with Crippen molar-refractivity contribution in [2.75, 3.05) is 12.3 Å². The average molecular weight is 497 g/mol. The van der Waals surface area contributed by atoms with E-state index >= 15 is 0 Å². The van der Waals surface area contributed by atoms with Crippen molar-refractivity contribution in [2.45, 2.75) is 31.0 Å². The standard InChI is InChI=1S/C10H18N3O14P3/c1-10(16)7(14)5(25-8(10)13-3-2-6(11)12-9(13)15)4-24-29(20,21)27-30(22,23)26-28(17,18)19/h2-3,5,7-8,14,16H,4H2,1H3,(H,20,21)(H,22,23)(H2,11,12,15)(H2,17,18,19)/t5?,7-,8?,10?/m0/s1. The number of nitrogen functional groups attached to an aromatic ring is 1. The fourth-order valence-corrected chi connectivity index (χ4v) is 5.48. The van der Waals surface area contributed by atoms with Gasteiger partial charge in [0.25, 0.3) is 0 Å². The van der Waals surface area contributed by atoms with Crippen molar-refractivity contribution in [3.05, 3.63) is 22.7 Å². The molecule has 1 aliphatic rings. The molecule has 1 aliphatic heterocycles. The molecule has 1 fully saturated rings. The van der Waals surface area contributed by atoms with Gasteiger partial charge in [-0.2, -0.15) is 13.6 Å². The highest BCUT2D eigenvalue weighted by molar-refractivity contribution is 7.66. The summed E-state index contributed by atoms with van der Waals surface area (Å²) in [4.78, 5) is 50.8. The van der Waals surface area contributed by atoms with Gasteiger partial charge in [0.1, 0.15) is 23.6 Å². The lowest BCUT2D eigenvalue weighted by molar-refractivity contribution is -0.0985. The van der Waals surface area contributed by atoms with Gasteiger partial charge in [0, 0.05) is 6.20 Å². The molecular weight excluding hydrogens is 479 g/mol. The van der Waals surface area contributed by atoms with E-state index in [0.29, 0.717) is 0 Å². The zero-order valence-corrected chi connectivity index (χ0v) is 17.5. The molecule has 0 bridgehead atoms. The molecule has 1 aromatic rings. The summed E-state index contributed by atoms with van der Waals surface area (Å²) in [5, 5.41) is 20.7. The number of hydrogen-bond acceptors (Lipinski definition) is 12. The van der Waals surface area contributed by atoms with E-state index in [1.54, 1.807) is 0 Å². The van der Waals surface area contributed by atoms with Gasteiger partial charge < -0.3 is 40.3 Å². The Labute approximate surface area is 167 Å². The maximum Gasteiger partial charge on any atom is 0.490 e. The molecule has 1 saturated heterocycles. The predicted octanol–water partition coefficient (Wildman–Crippen LogP) is -1.82. The first-order chi connectivity index (χ1) is 13.4. The Hall–Kier alpha value is -1.03. The van der Waals surface area contributed by atoms with Crippen LogP contribution >= 0.6 is 23.5 Å². The molecule has 1 aromatic heterocycles. The second-order valence-corrected chi connectivity index (χ2v) is 10.5. The Morgan fingerprint density at radius 2 is 1.83 bits per heavy atom. The van der Waals surface area contributed by atoms with Crippen molar-refractivity contribution in [1.82, 2.24) is 9.55 Å². The summed E-state index contributed by atoms with van der Waals surface area (Å²) < 4.78 is 51.1. The minimum Gasteiger partial charge on any atom is -0.387 e. The van der Waals surface area contributed by atoms with Crippen LogP contribution in [0.25, 0.3) is 0 Å². The zero-order valence-electron chi connectivity index (χ0n) is 14.9. The Morgan fingerprint density at radius 3 is 2.37 bits per heavy atom. The molecule has 2 heterocycles. The normalized spacial score (nSPS) is 31.2. The molecule has 8 N–H and O–H groups in total. The van der Waals surface area contributed by atoms with Gasteiger partial charge in [-0.15, -0.1) is 0 Å². The van der Waals surface area contributed by atoms with E-state index in [1.807, 2.05) is 0 Å². The monoisotopic (exact) mass is 497 g/mol. The fourth-order valence-electron chi connectivity index (χ4n) is 2.45. The minimum atomic E-state index is -5.73. The van der Waals surface area contributed by atoms with E-state index in [1.165, 1.54) is 6.07 Å². The second-order valence-electron chi connectivity index (χ2n) is 6.13. The fraction of sp³-hybridized carbons (Fsp3) is 0.600. The average Bonchev–Trinajstić information content (AvgIpc) is 2.73. The minimum absolute atomic E-state index is 0.126. The van der Waals surface area contributed by atoms with Crippen LogP contribution in [0.5, 0.6) is 0 Å². The summed E-state index contributed by atoms with van der Waals surface area (Å²) in [5.41, 5.74) is 2.28. The van der Waals surface area contributed by atoms with Crippen LogP contribution in [0.3, 0.4) is 0 Å². The third kappa shape index (κ3) is 6.24. The first-order valence-electron chi connectivity index (χ1n) is 7.62. The maximum absolute atomic E-state index is 11.9. The van der Waals surface area contributed by atoms with Gasteiger partial charge in [-0.05, 0) is 13.0 Å². The van der Waals surface area contributed by atoms with Crippen LogP contribution in [-0.2, 0) is 31.6 Å². The lowest BCUT2D eigenvalue weighted by Gasteiger charge is -2.27. The van der Waals surface area contributed by atoms with Gasteiger partial charge in [0.05, 0.1) is 6.61 Å². The van der Waals surface area contributed by atoms with E-state index in [0.717, 1.165) is 17.7 Å². The lowest BCUT2D eigenvalue weighted by atomic mass is 9.96. The molecule has 0 radical (unpaired) electrons. The number of phosphoric ester groups is 1. The number of aliphatic hydroxyl groups excluding tert-OH is 1. The van der Waals surface area contributed by atoms with Crippen molar-refractivity contribution >= 4 is 29.3 Å². The lowest BCUT2D eigenvalue weighted by Crippen LogP contribution is -2.46. The number of nitrogens with two attached hydrogens (primary N) is 1. The molecular formula is C10H18N3O14P3. The maximum atomic E-state index is 11.9. The Morgan fingerprint density at radius 1 is 1.23 bits per heavy atom. The number of rotatable bonds is 8. The second kappa shape index (κ2) is 8.48. The van der Waals surface area contributed by atoms with E-state index in [9.17, 15) is 33.6 Å². The first-order valence-corrected chi connectivity index (χ1v) is 12.1. The molecule has 0 spiro atoms. The van der Waals surface area contributed by atoms with Crippen LogP contribution in [0.4, 0.5) is 5.82 Å². The van der Waals surface area contributed by atoms with Crippen LogP contribution in [-0.4, -0.2) is 63.8 Å². The molecule has 6 atom stereocenters. The van der Waals surface area contributed by atoms with E-state index in [4.69, 9.17) is 25.2 Å². The quantitative estimate of drug-likeness (QED) is 0.195. The highest BCUT2D eigenvalue weighted by Gasteiger charge is 2.54. The third-order valence-electron chi connectivity index (χ3n) is 3.68. The zero-order chi connectivity index (χ0) is 23.1. The molecule has 0 saturated carbocycles. The van der Waals surface area contributed by atoms with Gasteiger partial charge in [0.2, 0.25) is 0 Å². The van der Waals surface area contributed by atoms with Gasteiger partial charge in [-0.3, -0.25) is 9.09 Å². The van der Waals surface area contributed by atoms with Gasteiger partial charge >= 0.3 is 29.2 Å². The Bertz CT molecular complexity index is 990. The highest BCUT2D eigenvalue weighted by Crippen LogP contribution is 2.66. The van der Waals surface area contributed by atoms with Crippen LogP contribution < -0.4 is 11.4 Å². The first kappa shape index (κ1) is 25.2. The number of anilines is 1. The topological polar surface area (TPSA) is 270 Å². The summed E-state index contributed by atoms with van der Waals surface area (Å²) >= 11 is 0. The summed E-state index contributed by atoms with van der Waals surface area (Å²) in [6, 6.07) is 1.20. The number of nitrogens with zero attached hydrogens (tertiary/aromatic N) is 2. The number of hydrogen-bond donors (Lipinski definition) is 7. The largest absolute Gasteiger partial charge is 0.490 e. The number of phosphoric acid groups is 3. The molecule has 17 nitrogen and oxygen atoms in total. The molecule has 0 aliphatic carbocycles. The van der Waals surface area contributed by atoms with E-state index in [2.05, 4.69) is 18.1 Å². The van der Waals surface area contributed by atoms with Crippen molar-refractivity contribution in [1.29, 1.82) is 0 Å². The van der Waals surface area contributed by atoms with Crippen LogP contribution in [0.1, 0.15) is 13.2 Å². The van der Waals surface area contributed by atoms with E-state index < -0.39 is 59.8 Å². The number of aromatic nitrogens is 2. The Kier molecular flexibility index (Phi) is 7.14.